The first-order valence-electron chi connectivity index (χ1n) is 4.09. The van der Waals surface area contributed by atoms with E-state index in [1.807, 2.05) is 0 Å². The summed E-state index contributed by atoms with van der Waals surface area (Å²) < 4.78 is 0. The molecule has 3 heteroatoms. The van der Waals surface area contributed by atoms with Crippen LogP contribution in [-0.2, 0) is 9.59 Å². The van der Waals surface area contributed by atoms with Gasteiger partial charge in [-0.2, -0.15) is 0 Å². The molecule has 0 atom stereocenters. The zero-order valence-electron chi connectivity index (χ0n) is 7.93. The second-order valence-electron chi connectivity index (χ2n) is 3.48. The molecule has 0 aromatic rings. The van der Waals surface area contributed by atoms with Crippen molar-refractivity contribution < 1.29 is 9.59 Å². The third-order valence-electron chi connectivity index (χ3n) is 1.64. The summed E-state index contributed by atoms with van der Waals surface area (Å²) in [6, 6.07) is 0. The normalized spacial score (nSPS) is 11.3. The first kappa shape index (κ1) is 11.8. The minimum Gasteiger partial charge on any atom is -0.298 e. The van der Waals surface area contributed by atoms with Gasteiger partial charge < -0.3 is 0 Å². The van der Waals surface area contributed by atoms with Crippen LogP contribution in [0, 0.1) is 11.8 Å². The van der Waals surface area contributed by atoms with E-state index in [0.717, 1.165) is 0 Å². The molecule has 0 aromatic carbocycles. The lowest BCUT2D eigenvalue weighted by Crippen LogP contribution is -2.30. The van der Waals surface area contributed by atoms with Crippen molar-refractivity contribution in [2.24, 2.45) is 11.8 Å². The summed E-state index contributed by atoms with van der Waals surface area (Å²) in [6.45, 7) is 7.18. The zero-order valence-corrected chi connectivity index (χ0v) is 9.51. The SMILES string of the molecule is CC(C)C(=O)C(Br)C(=O)C(C)C. The summed E-state index contributed by atoms with van der Waals surface area (Å²) in [4.78, 5) is 22.0. The van der Waals surface area contributed by atoms with Gasteiger partial charge in [0, 0.05) is 11.8 Å². The van der Waals surface area contributed by atoms with Crippen LogP contribution in [-0.4, -0.2) is 16.4 Å². The maximum atomic E-state index is 11.3. The van der Waals surface area contributed by atoms with Gasteiger partial charge in [-0.25, -0.2) is 0 Å². The lowest BCUT2D eigenvalue weighted by atomic mass is 9.98. The number of carbonyl (C=O) groups is 2. The Hall–Kier alpha value is -0.180. The van der Waals surface area contributed by atoms with Gasteiger partial charge in [0.25, 0.3) is 0 Å². The van der Waals surface area contributed by atoms with E-state index >= 15 is 0 Å². The predicted molar refractivity (Wildman–Crippen MR) is 52.4 cm³/mol. The number of hydrogen-bond acceptors (Lipinski definition) is 2. The van der Waals surface area contributed by atoms with Crippen LogP contribution < -0.4 is 0 Å². The largest absolute Gasteiger partial charge is 0.298 e. The molecule has 12 heavy (non-hydrogen) atoms. The monoisotopic (exact) mass is 234 g/mol. The summed E-state index contributed by atoms with van der Waals surface area (Å²) >= 11 is 3.11. The highest BCUT2D eigenvalue weighted by Crippen LogP contribution is 2.13. The molecule has 0 bridgehead atoms. The van der Waals surface area contributed by atoms with Crippen molar-refractivity contribution in [2.75, 3.05) is 0 Å². The Morgan fingerprint density at radius 3 is 1.33 bits per heavy atom. The number of Topliss-reactive ketones (excluding diaryl/α,β-unsaturated/α-hetero) is 2. The Morgan fingerprint density at radius 1 is 0.917 bits per heavy atom. The van der Waals surface area contributed by atoms with E-state index in [-0.39, 0.29) is 23.4 Å². The van der Waals surface area contributed by atoms with Crippen molar-refractivity contribution in [2.45, 2.75) is 32.5 Å². The highest BCUT2D eigenvalue weighted by molar-refractivity contribution is 9.10. The van der Waals surface area contributed by atoms with Crippen LogP contribution in [0.3, 0.4) is 0 Å². The number of rotatable bonds is 4. The van der Waals surface area contributed by atoms with Gasteiger partial charge >= 0.3 is 0 Å². The average Bonchev–Trinajstić information content (AvgIpc) is 2.00. The summed E-state index contributed by atoms with van der Waals surface area (Å²) in [6.07, 6.45) is 0. The van der Waals surface area contributed by atoms with Gasteiger partial charge in [0.15, 0.2) is 11.6 Å². The zero-order chi connectivity index (χ0) is 9.89. The van der Waals surface area contributed by atoms with Crippen molar-refractivity contribution >= 4 is 27.5 Å². The van der Waals surface area contributed by atoms with Crippen molar-refractivity contribution in [3.8, 4) is 0 Å². The maximum Gasteiger partial charge on any atom is 0.156 e. The van der Waals surface area contributed by atoms with Crippen LogP contribution in [0.1, 0.15) is 27.7 Å². The molecule has 2 nitrogen and oxygen atoms in total. The molecule has 0 unspecified atom stereocenters. The molecule has 0 N–H and O–H groups in total. The van der Waals surface area contributed by atoms with E-state index in [9.17, 15) is 9.59 Å². The van der Waals surface area contributed by atoms with Gasteiger partial charge in [0.1, 0.15) is 4.83 Å². The second kappa shape index (κ2) is 4.75. The third-order valence-corrected chi connectivity index (χ3v) is 2.54. The number of ketones is 2. The number of hydrogen-bond donors (Lipinski definition) is 0. The Balaban J connectivity index is 4.30. The van der Waals surface area contributed by atoms with E-state index in [0.29, 0.717) is 0 Å². The molecule has 0 radical (unpaired) electrons. The second-order valence-corrected chi connectivity index (χ2v) is 4.39. The third kappa shape index (κ3) is 3.05. The molecular weight excluding hydrogens is 220 g/mol. The fourth-order valence-electron chi connectivity index (χ4n) is 0.726. The Kier molecular flexibility index (Phi) is 4.68. The summed E-state index contributed by atoms with van der Waals surface area (Å²) in [5.41, 5.74) is 0. The fraction of sp³-hybridized carbons (Fsp3) is 0.778. The molecule has 0 aromatic heterocycles. The van der Waals surface area contributed by atoms with E-state index in [1.54, 1.807) is 27.7 Å². The average molecular weight is 235 g/mol. The Bertz CT molecular complexity index is 165. The topological polar surface area (TPSA) is 34.1 Å². The molecule has 0 aliphatic rings. The van der Waals surface area contributed by atoms with Crippen molar-refractivity contribution in [3.63, 3.8) is 0 Å². The molecule has 0 rings (SSSR count). The van der Waals surface area contributed by atoms with Crippen molar-refractivity contribution in [3.05, 3.63) is 0 Å². The van der Waals surface area contributed by atoms with Crippen LogP contribution >= 0.6 is 15.9 Å². The molecule has 0 aliphatic carbocycles. The van der Waals surface area contributed by atoms with Crippen LogP contribution in [0.2, 0.25) is 0 Å². The summed E-state index contributed by atoms with van der Waals surface area (Å²) in [5, 5.41) is 0. The highest BCUT2D eigenvalue weighted by Gasteiger charge is 2.26. The molecule has 0 aliphatic heterocycles. The molecule has 0 saturated carbocycles. The molecule has 0 saturated heterocycles. The summed E-state index contributed by atoms with van der Waals surface area (Å²) in [5.74, 6) is -0.239. The minimum absolute atomic E-state index is 0.0336. The maximum absolute atomic E-state index is 11.3. The quantitative estimate of drug-likeness (QED) is 0.553. The number of halogens is 1. The van der Waals surface area contributed by atoms with Crippen LogP contribution in [0.15, 0.2) is 0 Å². The van der Waals surface area contributed by atoms with Gasteiger partial charge in [0.2, 0.25) is 0 Å². The van der Waals surface area contributed by atoms with E-state index in [4.69, 9.17) is 0 Å². The molecule has 70 valence electrons. The number of carbonyl (C=O) groups excluding carboxylic acids is 2. The molecule has 0 spiro atoms. The van der Waals surface area contributed by atoms with Crippen LogP contribution in [0.5, 0.6) is 0 Å². The number of alkyl halides is 1. The first-order valence-corrected chi connectivity index (χ1v) is 5.01. The molecule has 0 heterocycles. The van der Waals surface area contributed by atoms with Gasteiger partial charge in [-0.1, -0.05) is 43.6 Å². The predicted octanol–water partition coefficient (Wildman–Crippen LogP) is 2.20. The standard InChI is InChI=1S/C9H15BrO2/c1-5(2)8(11)7(10)9(12)6(3)4/h5-7H,1-4H3. The first-order chi connectivity index (χ1) is 5.37. The lowest BCUT2D eigenvalue weighted by molar-refractivity contribution is -0.129. The molecular formula is C9H15BrO2. The molecule has 0 amide bonds. The molecule has 0 fully saturated rings. The van der Waals surface area contributed by atoms with Gasteiger partial charge in [-0.05, 0) is 0 Å². The highest BCUT2D eigenvalue weighted by atomic mass is 79.9. The van der Waals surface area contributed by atoms with Crippen LogP contribution in [0.25, 0.3) is 0 Å². The van der Waals surface area contributed by atoms with Gasteiger partial charge in [-0.15, -0.1) is 0 Å². The van der Waals surface area contributed by atoms with E-state index < -0.39 is 4.83 Å². The van der Waals surface area contributed by atoms with E-state index in [1.165, 1.54) is 0 Å². The Labute approximate surface area is 81.8 Å². The van der Waals surface area contributed by atoms with Crippen molar-refractivity contribution in [1.29, 1.82) is 0 Å². The fourth-order valence-corrected chi connectivity index (χ4v) is 1.78. The van der Waals surface area contributed by atoms with Crippen LogP contribution in [0.4, 0.5) is 0 Å². The smallest absolute Gasteiger partial charge is 0.156 e. The van der Waals surface area contributed by atoms with E-state index in [2.05, 4.69) is 15.9 Å². The van der Waals surface area contributed by atoms with Crippen molar-refractivity contribution in [1.82, 2.24) is 0 Å². The summed E-state index contributed by atoms with van der Waals surface area (Å²) in [7, 11) is 0. The lowest BCUT2D eigenvalue weighted by Gasteiger charge is -2.12. The Morgan fingerprint density at radius 2 is 1.17 bits per heavy atom. The van der Waals surface area contributed by atoms with Gasteiger partial charge in [-0.3, -0.25) is 9.59 Å². The minimum atomic E-state index is -0.613. The van der Waals surface area contributed by atoms with Gasteiger partial charge in [0.05, 0.1) is 0 Å².